The van der Waals surface area contributed by atoms with E-state index in [0.717, 1.165) is 18.9 Å². The second-order valence-electron chi connectivity index (χ2n) is 9.92. The highest BCUT2D eigenvalue weighted by molar-refractivity contribution is 5.98. The van der Waals surface area contributed by atoms with Crippen molar-refractivity contribution < 1.29 is 36.7 Å². The number of methoxy groups -OCH3 is 1. The third kappa shape index (κ3) is 5.77. The van der Waals surface area contributed by atoms with Crippen LogP contribution >= 0.6 is 0 Å². The number of nitrogens with two attached hydrogens (primary N) is 1. The van der Waals surface area contributed by atoms with Crippen LogP contribution in [0.15, 0.2) is 28.7 Å². The van der Waals surface area contributed by atoms with Gasteiger partial charge in [-0.2, -0.15) is 13.2 Å². The molecule has 208 valence electrons. The number of oxazole rings is 1. The Hall–Kier alpha value is -3.87. The third-order valence-corrected chi connectivity index (χ3v) is 6.76. The number of hydrogen-bond acceptors (Lipinski definition) is 8. The molecule has 10 nitrogen and oxygen atoms in total. The predicted molar refractivity (Wildman–Crippen MR) is 133 cm³/mol. The first-order chi connectivity index (χ1) is 18.5. The van der Waals surface area contributed by atoms with Gasteiger partial charge in [0, 0.05) is 23.5 Å². The van der Waals surface area contributed by atoms with Crippen molar-refractivity contribution in [2.45, 2.75) is 57.0 Å². The standard InChI is InChI=1S/C26H28F3N5O5/c1-12(30)22-21(23(35)31-11-13-9-15(10-13)38-25(36)32-14-3-4-14)34-24(39-22)17-5-7-18(37-2)20-16(17)6-8-19(33-20)26(27,28)29/h5-8,12-15H,3-4,9-11,30H2,1-2H3,(H,31,35)(H,32,36)/t12-,13?,15?/m0/s1. The molecule has 0 spiro atoms. The molecule has 13 heteroatoms. The molecule has 0 saturated heterocycles. The van der Waals surface area contributed by atoms with Gasteiger partial charge in [-0.1, -0.05) is 0 Å². The summed E-state index contributed by atoms with van der Waals surface area (Å²) < 4.78 is 56.3. The second kappa shape index (κ2) is 10.4. The lowest BCUT2D eigenvalue weighted by molar-refractivity contribution is -0.140. The second-order valence-corrected chi connectivity index (χ2v) is 9.92. The van der Waals surface area contributed by atoms with Crippen molar-refractivity contribution in [3.05, 3.63) is 41.4 Å². The maximum absolute atomic E-state index is 13.3. The third-order valence-electron chi connectivity index (χ3n) is 6.76. The summed E-state index contributed by atoms with van der Waals surface area (Å²) in [6.07, 6.45) is -2.00. The van der Waals surface area contributed by atoms with Gasteiger partial charge < -0.3 is 30.3 Å². The van der Waals surface area contributed by atoms with Crippen molar-refractivity contribution in [1.29, 1.82) is 0 Å². The number of rotatable bonds is 8. The molecule has 2 heterocycles. The molecule has 2 amide bonds. The van der Waals surface area contributed by atoms with Gasteiger partial charge in [-0.05, 0) is 62.8 Å². The fraction of sp³-hybridized carbons (Fsp3) is 0.462. The number of hydrogen-bond donors (Lipinski definition) is 3. The molecule has 39 heavy (non-hydrogen) atoms. The fourth-order valence-electron chi connectivity index (χ4n) is 4.46. The van der Waals surface area contributed by atoms with E-state index in [2.05, 4.69) is 20.6 Å². The maximum atomic E-state index is 13.3. The van der Waals surface area contributed by atoms with E-state index in [1.807, 2.05) is 0 Å². The summed E-state index contributed by atoms with van der Waals surface area (Å²) in [6, 6.07) is 4.70. The van der Waals surface area contributed by atoms with Gasteiger partial charge in [0.1, 0.15) is 23.1 Å². The molecular weight excluding hydrogens is 519 g/mol. The lowest BCUT2D eigenvalue weighted by atomic mass is 9.82. The van der Waals surface area contributed by atoms with Crippen molar-refractivity contribution >= 4 is 22.9 Å². The van der Waals surface area contributed by atoms with Crippen molar-refractivity contribution in [1.82, 2.24) is 20.6 Å². The van der Waals surface area contributed by atoms with E-state index in [1.54, 1.807) is 13.0 Å². The van der Waals surface area contributed by atoms with Crippen LogP contribution in [-0.4, -0.2) is 47.8 Å². The number of ether oxygens (including phenoxy) is 2. The average molecular weight is 548 g/mol. The Morgan fingerprint density at radius 1 is 1.18 bits per heavy atom. The zero-order chi connectivity index (χ0) is 27.9. The molecule has 2 aliphatic rings. The minimum atomic E-state index is -4.64. The van der Waals surface area contributed by atoms with Gasteiger partial charge in [-0.15, -0.1) is 0 Å². The number of halogens is 3. The van der Waals surface area contributed by atoms with E-state index in [9.17, 15) is 22.8 Å². The van der Waals surface area contributed by atoms with Crippen LogP contribution in [0.3, 0.4) is 0 Å². The molecule has 0 aliphatic heterocycles. The maximum Gasteiger partial charge on any atom is 0.433 e. The highest BCUT2D eigenvalue weighted by Crippen LogP contribution is 2.37. The topological polar surface area (TPSA) is 142 Å². The minimum absolute atomic E-state index is 0.0141. The first-order valence-corrected chi connectivity index (χ1v) is 12.6. The molecule has 3 aromatic rings. The molecule has 4 N–H and O–H groups in total. The Morgan fingerprint density at radius 2 is 1.92 bits per heavy atom. The number of amides is 2. The highest BCUT2D eigenvalue weighted by Gasteiger charge is 2.35. The highest BCUT2D eigenvalue weighted by atomic mass is 19.4. The number of nitrogens with one attached hydrogen (secondary N) is 2. The van der Waals surface area contributed by atoms with Crippen molar-refractivity contribution in [3.8, 4) is 17.2 Å². The van der Waals surface area contributed by atoms with Crippen LogP contribution in [0.25, 0.3) is 22.4 Å². The van der Waals surface area contributed by atoms with Crippen LogP contribution in [0.4, 0.5) is 18.0 Å². The van der Waals surface area contributed by atoms with Crippen LogP contribution in [0.1, 0.15) is 60.6 Å². The summed E-state index contributed by atoms with van der Waals surface area (Å²) >= 11 is 0. The normalized spacial score (nSPS) is 19.7. The SMILES string of the molecule is COc1ccc(-c2nc(C(=O)NCC3CC(OC(=O)NC4CC4)C3)c([C@H](C)N)o2)c2ccc(C(F)(F)F)nc12. The molecule has 1 aromatic carbocycles. The van der Waals surface area contributed by atoms with Crippen LogP contribution in [0.5, 0.6) is 5.75 Å². The number of carbonyl (C=O) groups is 2. The van der Waals surface area contributed by atoms with Gasteiger partial charge in [-0.25, -0.2) is 14.8 Å². The Balaban J connectivity index is 1.31. The number of aromatic nitrogens is 2. The van der Waals surface area contributed by atoms with Gasteiger partial charge in [0.05, 0.1) is 13.2 Å². The number of alkyl halides is 3. The summed E-state index contributed by atoms with van der Waals surface area (Å²) in [6.45, 7) is 1.98. The van der Waals surface area contributed by atoms with Gasteiger partial charge in [-0.3, -0.25) is 4.79 Å². The zero-order valence-corrected chi connectivity index (χ0v) is 21.3. The smallest absolute Gasteiger partial charge is 0.433 e. The summed E-state index contributed by atoms with van der Waals surface area (Å²) in [5.41, 5.74) is 5.26. The van der Waals surface area contributed by atoms with E-state index in [4.69, 9.17) is 19.6 Å². The van der Waals surface area contributed by atoms with E-state index >= 15 is 0 Å². The monoisotopic (exact) mass is 547 g/mol. The molecule has 2 fully saturated rings. The fourth-order valence-corrected chi connectivity index (χ4v) is 4.46. The summed E-state index contributed by atoms with van der Waals surface area (Å²) in [5, 5.41) is 5.91. The van der Waals surface area contributed by atoms with Gasteiger partial charge >= 0.3 is 12.3 Å². The number of fused-ring (bicyclic) bond motifs is 1. The number of pyridine rings is 1. The van der Waals surface area contributed by atoms with E-state index in [-0.39, 0.29) is 46.7 Å². The number of alkyl carbamates (subject to hydrolysis) is 1. The largest absolute Gasteiger partial charge is 0.494 e. The molecule has 1 atom stereocenters. The van der Waals surface area contributed by atoms with Crippen LogP contribution in [0.2, 0.25) is 0 Å². The molecule has 2 saturated carbocycles. The van der Waals surface area contributed by atoms with Gasteiger partial charge in [0.25, 0.3) is 5.91 Å². The zero-order valence-electron chi connectivity index (χ0n) is 21.3. The summed E-state index contributed by atoms with van der Waals surface area (Å²) in [4.78, 5) is 32.9. The van der Waals surface area contributed by atoms with E-state index < -0.39 is 29.9 Å². The molecule has 2 aromatic heterocycles. The van der Waals surface area contributed by atoms with Crippen LogP contribution < -0.4 is 21.1 Å². The van der Waals surface area contributed by atoms with Gasteiger partial charge in [0.15, 0.2) is 11.5 Å². The molecule has 2 aliphatic carbocycles. The van der Waals surface area contributed by atoms with Crippen molar-refractivity contribution in [2.75, 3.05) is 13.7 Å². The molecule has 0 unspecified atom stereocenters. The molecule has 5 rings (SSSR count). The first kappa shape index (κ1) is 26.7. The predicted octanol–water partition coefficient (Wildman–Crippen LogP) is 4.33. The molecule has 0 radical (unpaired) electrons. The van der Waals surface area contributed by atoms with Crippen molar-refractivity contribution in [3.63, 3.8) is 0 Å². The van der Waals surface area contributed by atoms with Crippen LogP contribution in [0, 0.1) is 5.92 Å². The Bertz CT molecular complexity index is 1400. The molecule has 0 bridgehead atoms. The molecular formula is C26H28F3N5O5. The van der Waals surface area contributed by atoms with Crippen molar-refractivity contribution in [2.24, 2.45) is 11.7 Å². The average Bonchev–Trinajstić information content (AvgIpc) is 3.56. The van der Waals surface area contributed by atoms with E-state index in [0.29, 0.717) is 30.3 Å². The number of carbonyl (C=O) groups excluding carboxylic acids is 2. The Morgan fingerprint density at radius 3 is 2.56 bits per heavy atom. The Kier molecular flexibility index (Phi) is 7.10. The van der Waals surface area contributed by atoms with Gasteiger partial charge in [0.2, 0.25) is 5.89 Å². The quantitative estimate of drug-likeness (QED) is 0.378. The minimum Gasteiger partial charge on any atom is -0.494 e. The Labute approximate surface area is 221 Å². The summed E-state index contributed by atoms with van der Waals surface area (Å²) in [5.74, 6) is -0.0661. The van der Waals surface area contributed by atoms with Crippen LogP contribution in [-0.2, 0) is 10.9 Å². The first-order valence-electron chi connectivity index (χ1n) is 12.6. The number of nitrogens with zero attached hydrogens (tertiary/aromatic N) is 2. The number of benzene rings is 1. The lowest BCUT2D eigenvalue weighted by Crippen LogP contribution is -2.42. The lowest BCUT2D eigenvalue weighted by Gasteiger charge is -2.34. The van der Waals surface area contributed by atoms with E-state index in [1.165, 1.54) is 19.2 Å². The summed E-state index contributed by atoms with van der Waals surface area (Å²) in [7, 11) is 1.33.